The molecule has 2 aromatic carbocycles. The fourth-order valence-electron chi connectivity index (χ4n) is 3.69. The molecular weight excluding hydrogens is 342 g/mol. The summed E-state index contributed by atoms with van der Waals surface area (Å²) in [6.07, 6.45) is 3.64. The Kier molecular flexibility index (Phi) is 5.79. The first-order chi connectivity index (χ1) is 13.0. The molecule has 0 bridgehead atoms. The van der Waals surface area contributed by atoms with Crippen molar-refractivity contribution in [3.63, 3.8) is 0 Å². The van der Waals surface area contributed by atoms with Gasteiger partial charge in [0.1, 0.15) is 5.75 Å². The van der Waals surface area contributed by atoms with Gasteiger partial charge < -0.3 is 15.2 Å². The Balaban J connectivity index is 1.55. The average Bonchev–Trinajstić information content (AvgIpc) is 2.67. The highest BCUT2D eigenvalue weighted by molar-refractivity contribution is 5.88. The van der Waals surface area contributed by atoms with E-state index in [-0.39, 0.29) is 12.5 Å². The van der Waals surface area contributed by atoms with Crippen LogP contribution in [0.3, 0.4) is 0 Å². The number of hydrogen-bond acceptors (Lipinski definition) is 3. The van der Waals surface area contributed by atoms with Crippen LogP contribution in [0.15, 0.2) is 48.5 Å². The molecule has 27 heavy (non-hydrogen) atoms. The van der Waals surface area contributed by atoms with E-state index < -0.39 is 11.4 Å². The predicted octanol–water partition coefficient (Wildman–Crippen LogP) is 3.10. The Hall–Kier alpha value is -2.82. The maximum absolute atomic E-state index is 12.9. The lowest BCUT2D eigenvalue weighted by molar-refractivity contribution is -0.139. The van der Waals surface area contributed by atoms with E-state index in [0.29, 0.717) is 18.7 Å². The van der Waals surface area contributed by atoms with Gasteiger partial charge in [-0.15, -0.1) is 0 Å². The summed E-state index contributed by atoms with van der Waals surface area (Å²) < 4.78 is 5.12. The number of carbonyl (C=O) groups excluding carboxylic acids is 1. The number of rotatable bonds is 7. The van der Waals surface area contributed by atoms with Crippen molar-refractivity contribution in [2.24, 2.45) is 0 Å². The molecule has 0 saturated heterocycles. The summed E-state index contributed by atoms with van der Waals surface area (Å²) >= 11 is 0. The zero-order valence-electron chi connectivity index (χ0n) is 15.5. The van der Waals surface area contributed by atoms with Crippen LogP contribution >= 0.6 is 0 Å². The number of fused-ring (bicyclic) bond motifs is 1. The van der Waals surface area contributed by atoms with Gasteiger partial charge in [-0.2, -0.15) is 0 Å². The lowest BCUT2D eigenvalue weighted by atomic mass is 9.70. The van der Waals surface area contributed by atoms with Gasteiger partial charge in [-0.05, 0) is 61.4 Å². The van der Waals surface area contributed by atoms with E-state index >= 15 is 0 Å². The SMILES string of the molecule is CC1(C(=O)NCCc2ccc(OCC(=O)O)cc2)CCCc2ccccc21. The number of aryl methyl sites for hydroxylation is 1. The first-order valence-corrected chi connectivity index (χ1v) is 9.29. The van der Waals surface area contributed by atoms with Crippen LogP contribution in [-0.2, 0) is 27.8 Å². The molecule has 0 radical (unpaired) electrons. The second-order valence-electron chi connectivity index (χ2n) is 7.18. The molecule has 1 aliphatic rings. The Morgan fingerprint density at radius 2 is 1.89 bits per heavy atom. The first-order valence-electron chi connectivity index (χ1n) is 9.29. The van der Waals surface area contributed by atoms with Crippen molar-refractivity contribution >= 4 is 11.9 Å². The van der Waals surface area contributed by atoms with Crippen molar-refractivity contribution < 1.29 is 19.4 Å². The molecule has 0 aliphatic heterocycles. The van der Waals surface area contributed by atoms with E-state index in [9.17, 15) is 9.59 Å². The molecule has 0 heterocycles. The van der Waals surface area contributed by atoms with E-state index in [1.807, 2.05) is 31.2 Å². The molecule has 1 amide bonds. The Morgan fingerprint density at radius 1 is 1.15 bits per heavy atom. The van der Waals surface area contributed by atoms with Gasteiger partial charge in [-0.1, -0.05) is 36.4 Å². The summed E-state index contributed by atoms with van der Waals surface area (Å²) in [6.45, 7) is 2.25. The lowest BCUT2D eigenvalue weighted by Gasteiger charge is -2.34. The number of carbonyl (C=O) groups is 2. The molecule has 5 heteroatoms. The van der Waals surface area contributed by atoms with Gasteiger partial charge in [-0.3, -0.25) is 4.79 Å². The normalized spacial score (nSPS) is 18.4. The fraction of sp³-hybridized carbons (Fsp3) is 0.364. The summed E-state index contributed by atoms with van der Waals surface area (Å²) in [5, 5.41) is 11.7. The number of amides is 1. The third kappa shape index (κ3) is 4.48. The highest BCUT2D eigenvalue weighted by Gasteiger charge is 2.38. The van der Waals surface area contributed by atoms with Crippen molar-refractivity contribution in [1.82, 2.24) is 5.32 Å². The average molecular weight is 367 g/mol. The van der Waals surface area contributed by atoms with Crippen LogP contribution in [0, 0.1) is 0 Å². The summed E-state index contributed by atoms with van der Waals surface area (Å²) in [5.41, 5.74) is 3.02. The van der Waals surface area contributed by atoms with Gasteiger partial charge in [0.05, 0.1) is 5.41 Å². The van der Waals surface area contributed by atoms with Crippen LogP contribution in [0.5, 0.6) is 5.75 Å². The summed E-state index contributed by atoms with van der Waals surface area (Å²) in [7, 11) is 0. The highest BCUT2D eigenvalue weighted by Crippen LogP contribution is 2.37. The first kappa shape index (κ1) is 19.0. The summed E-state index contributed by atoms with van der Waals surface area (Å²) in [6, 6.07) is 15.5. The molecule has 0 fully saturated rings. The van der Waals surface area contributed by atoms with Gasteiger partial charge in [0, 0.05) is 6.54 Å². The van der Waals surface area contributed by atoms with Crippen LogP contribution in [0.4, 0.5) is 0 Å². The number of carboxylic acids is 1. The standard InChI is InChI=1S/C22H25NO4/c1-22(13-4-6-17-5-2-3-7-19(17)22)21(26)23-14-12-16-8-10-18(11-9-16)27-15-20(24)25/h2-3,5,7-11H,4,6,12-15H2,1H3,(H,23,26)(H,24,25). The van der Waals surface area contributed by atoms with E-state index in [2.05, 4.69) is 17.4 Å². The smallest absolute Gasteiger partial charge is 0.341 e. The predicted molar refractivity (Wildman–Crippen MR) is 103 cm³/mol. The topological polar surface area (TPSA) is 75.6 Å². The molecule has 2 aromatic rings. The van der Waals surface area contributed by atoms with Gasteiger partial charge in [0.2, 0.25) is 5.91 Å². The van der Waals surface area contributed by atoms with E-state index in [4.69, 9.17) is 9.84 Å². The summed E-state index contributed by atoms with van der Waals surface area (Å²) in [5.74, 6) is -0.396. The van der Waals surface area contributed by atoms with Crippen LogP contribution in [0.2, 0.25) is 0 Å². The Bertz CT molecular complexity index is 815. The van der Waals surface area contributed by atoms with Gasteiger partial charge in [-0.25, -0.2) is 4.79 Å². The molecule has 0 spiro atoms. The van der Waals surface area contributed by atoms with E-state index in [1.165, 1.54) is 5.56 Å². The minimum Gasteiger partial charge on any atom is -0.482 e. The highest BCUT2D eigenvalue weighted by atomic mass is 16.5. The van der Waals surface area contributed by atoms with Gasteiger partial charge in [0.15, 0.2) is 6.61 Å². The van der Waals surface area contributed by atoms with E-state index in [1.54, 1.807) is 12.1 Å². The molecule has 5 nitrogen and oxygen atoms in total. The fourth-order valence-corrected chi connectivity index (χ4v) is 3.69. The lowest BCUT2D eigenvalue weighted by Crippen LogP contribution is -2.45. The zero-order chi connectivity index (χ0) is 19.3. The maximum atomic E-state index is 12.9. The zero-order valence-corrected chi connectivity index (χ0v) is 15.5. The third-order valence-electron chi connectivity index (χ3n) is 5.22. The van der Waals surface area contributed by atoms with E-state index in [0.717, 1.165) is 30.4 Å². The maximum Gasteiger partial charge on any atom is 0.341 e. The quantitative estimate of drug-likeness (QED) is 0.788. The molecule has 1 atom stereocenters. The molecule has 0 saturated carbocycles. The molecule has 142 valence electrons. The van der Waals surface area contributed by atoms with Gasteiger partial charge in [0.25, 0.3) is 0 Å². The van der Waals surface area contributed by atoms with Crippen LogP contribution in [0.1, 0.15) is 36.5 Å². The van der Waals surface area contributed by atoms with Crippen molar-refractivity contribution in [1.29, 1.82) is 0 Å². The van der Waals surface area contributed by atoms with Crippen molar-refractivity contribution in [2.75, 3.05) is 13.2 Å². The minimum atomic E-state index is -1.00. The molecule has 1 unspecified atom stereocenters. The number of benzene rings is 2. The second-order valence-corrected chi connectivity index (χ2v) is 7.18. The number of ether oxygens (including phenoxy) is 1. The second kappa shape index (κ2) is 8.25. The molecule has 3 rings (SSSR count). The van der Waals surface area contributed by atoms with Crippen LogP contribution < -0.4 is 10.1 Å². The van der Waals surface area contributed by atoms with Crippen molar-refractivity contribution in [3.05, 3.63) is 65.2 Å². The summed E-state index contributed by atoms with van der Waals surface area (Å²) in [4.78, 5) is 23.4. The molecular formula is C22H25NO4. The largest absolute Gasteiger partial charge is 0.482 e. The van der Waals surface area contributed by atoms with Gasteiger partial charge >= 0.3 is 5.97 Å². The Labute approximate surface area is 159 Å². The third-order valence-corrected chi connectivity index (χ3v) is 5.22. The number of hydrogen-bond donors (Lipinski definition) is 2. The Morgan fingerprint density at radius 3 is 2.63 bits per heavy atom. The molecule has 2 N–H and O–H groups in total. The monoisotopic (exact) mass is 367 g/mol. The van der Waals surface area contributed by atoms with Crippen LogP contribution in [0.25, 0.3) is 0 Å². The molecule has 0 aromatic heterocycles. The van der Waals surface area contributed by atoms with Crippen molar-refractivity contribution in [3.8, 4) is 5.75 Å². The molecule has 1 aliphatic carbocycles. The van der Waals surface area contributed by atoms with Crippen LogP contribution in [-0.4, -0.2) is 30.1 Å². The number of aliphatic carboxylic acids is 1. The number of nitrogens with one attached hydrogen (secondary N) is 1. The van der Waals surface area contributed by atoms with Crippen molar-refractivity contribution in [2.45, 2.75) is 38.0 Å². The minimum absolute atomic E-state index is 0.0797. The number of carboxylic acid groups (broad SMARTS) is 1.